The van der Waals surface area contributed by atoms with Gasteiger partial charge < -0.3 is 19.1 Å². The second-order valence-electron chi connectivity index (χ2n) is 9.34. The molecule has 2 aliphatic rings. The lowest BCUT2D eigenvalue weighted by Crippen LogP contribution is -2.47. The van der Waals surface area contributed by atoms with E-state index < -0.39 is 5.41 Å². The summed E-state index contributed by atoms with van der Waals surface area (Å²) >= 11 is 0. The van der Waals surface area contributed by atoms with E-state index in [0.717, 1.165) is 40.1 Å². The predicted octanol–water partition coefficient (Wildman–Crippen LogP) is 6.28. The van der Waals surface area contributed by atoms with Gasteiger partial charge in [0.15, 0.2) is 11.5 Å². The zero-order valence-corrected chi connectivity index (χ0v) is 21.3. The van der Waals surface area contributed by atoms with Gasteiger partial charge in [0.25, 0.3) is 0 Å². The molecule has 3 aromatic carbocycles. The first-order valence-corrected chi connectivity index (χ1v) is 12.0. The predicted molar refractivity (Wildman–Crippen MR) is 138 cm³/mol. The van der Waals surface area contributed by atoms with Gasteiger partial charge in [-0.15, -0.1) is 0 Å². The highest BCUT2D eigenvalue weighted by Crippen LogP contribution is 2.44. The van der Waals surface area contributed by atoms with Gasteiger partial charge in [-0.3, -0.25) is 4.79 Å². The van der Waals surface area contributed by atoms with E-state index in [-0.39, 0.29) is 11.9 Å². The maximum atomic E-state index is 13.4. The fourth-order valence-corrected chi connectivity index (χ4v) is 5.22. The minimum atomic E-state index is -0.394. The van der Waals surface area contributed by atoms with Crippen LogP contribution in [-0.2, 0) is 17.8 Å². The third-order valence-electron chi connectivity index (χ3n) is 7.02. The molecule has 1 unspecified atom stereocenters. The fraction of sp³-hybridized carbons (Fsp3) is 0.414. The van der Waals surface area contributed by atoms with Gasteiger partial charge in [-0.2, -0.15) is 0 Å². The molecule has 180 valence electrons. The number of fused-ring (bicyclic) bond motifs is 7. The molecule has 5 heteroatoms. The Morgan fingerprint density at radius 1 is 0.853 bits per heavy atom. The van der Waals surface area contributed by atoms with Crippen LogP contribution in [0.2, 0.25) is 0 Å². The van der Waals surface area contributed by atoms with Crippen LogP contribution in [0.1, 0.15) is 45.2 Å². The average molecular weight is 462 g/mol. The van der Waals surface area contributed by atoms with Crippen molar-refractivity contribution < 1.29 is 19.0 Å². The first-order chi connectivity index (χ1) is 16.4. The zero-order valence-electron chi connectivity index (χ0n) is 21.3. The molecule has 0 bridgehead atoms. The average Bonchev–Trinajstić information content (AvgIpc) is 2.98. The zero-order chi connectivity index (χ0) is 24.6. The van der Waals surface area contributed by atoms with Crippen molar-refractivity contribution in [2.75, 3.05) is 21.3 Å². The molecule has 1 atom stereocenters. The van der Waals surface area contributed by atoms with Crippen LogP contribution in [0.4, 0.5) is 0 Å². The molecule has 1 amide bonds. The van der Waals surface area contributed by atoms with Crippen LogP contribution in [0.15, 0.2) is 42.5 Å². The van der Waals surface area contributed by atoms with Gasteiger partial charge in [0.1, 0.15) is 5.75 Å². The van der Waals surface area contributed by atoms with Crippen molar-refractivity contribution in [1.82, 2.24) is 4.90 Å². The summed E-state index contributed by atoms with van der Waals surface area (Å²) in [6.07, 6.45) is 5.92. The summed E-state index contributed by atoms with van der Waals surface area (Å²) in [5, 5.41) is 4.49. The minimum Gasteiger partial charge on any atom is -0.497 e. The Balaban J connectivity index is 0.00000133. The number of nitrogens with zero attached hydrogens (tertiary/aromatic N) is 1. The Hall–Kier alpha value is -3.21. The highest BCUT2D eigenvalue weighted by atomic mass is 16.5. The van der Waals surface area contributed by atoms with Gasteiger partial charge >= 0.3 is 0 Å². The summed E-state index contributed by atoms with van der Waals surface area (Å²) in [6.45, 7) is 8.68. The summed E-state index contributed by atoms with van der Waals surface area (Å²) in [6, 6.07) is 10.4. The molecule has 0 aromatic heterocycles. The minimum absolute atomic E-state index is 0.0590. The van der Waals surface area contributed by atoms with Gasteiger partial charge in [-0.25, -0.2) is 0 Å². The Bertz CT molecular complexity index is 1270. The van der Waals surface area contributed by atoms with E-state index in [9.17, 15) is 4.79 Å². The number of rotatable bonds is 3. The van der Waals surface area contributed by atoms with Crippen molar-refractivity contribution in [2.24, 2.45) is 5.41 Å². The number of amides is 1. The molecular formula is C29H35NO4. The number of ether oxygens (including phenoxy) is 3. The molecule has 34 heavy (non-hydrogen) atoms. The summed E-state index contributed by atoms with van der Waals surface area (Å²) in [7, 11) is 5.00. The maximum Gasteiger partial charge on any atom is 0.229 e. The smallest absolute Gasteiger partial charge is 0.229 e. The van der Waals surface area contributed by atoms with E-state index >= 15 is 0 Å². The lowest BCUT2D eigenvalue weighted by atomic mass is 9.83. The molecule has 0 spiro atoms. The first kappa shape index (κ1) is 23.9. The van der Waals surface area contributed by atoms with Crippen LogP contribution in [0.25, 0.3) is 21.5 Å². The molecule has 3 aromatic rings. The SMILES string of the molecule is CC.COc1ccc2c3c(c4cc(OC)c(OC)cc4c2c1)CC1C=CCC(C)(C)C(=O)N1C3. The number of carbonyl (C=O) groups is 1. The third-order valence-corrected chi connectivity index (χ3v) is 7.02. The van der Waals surface area contributed by atoms with Gasteiger partial charge in [0, 0.05) is 12.0 Å². The second-order valence-corrected chi connectivity index (χ2v) is 9.34. The van der Waals surface area contributed by atoms with Crippen LogP contribution in [0.3, 0.4) is 0 Å². The first-order valence-electron chi connectivity index (χ1n) is 12.0. The van der Waals surface area contributed by atoms with Crippen molar-refractivity contribution in [3.05, 3.63) is 53.6 Å². The van der Waals surface area contributed by atoms with Crippen molar-refractivity contribution in [2.45, 2.75) is 53.1 Å². The van der Waals surface area contributed by atoms with Crippen molar-refractivity contribution >= 4 is 27.5 Å². The van der Waals surface area contributed by atoms with Crippen molar-refractivity contribution in [3.8, 4) is 17.2 Å². The maximum absolute atomic E-state index is 13.4. The fourth-order valence-electron chi connectivity index (χ4n) is 5.22. The topological polar surface area (TPSA) is 48.0 Å². The quantitative estimate of drug-likeness (QED) is 0.340. The molecule has 5 rings (SSSR count). The van der Waals surface area contributed by atoms with Gasteiger partial charge in [-0.1, -0.05) is 45.9 Å². The normalized spacial score (nSPS) is 18.5. The van der Waals surface area contributed by atoms with E-state index in [1.54, 1.807) is 21.3 Å². The van der Waals surface area contributed by atoms with Crippen LogP contribution in [0, 0.1) is 5.41 Å². The Kier molecular flexibility index (Phi) is 6.48. The Morgan fingerprint density at radius 2 is 1.50 bits per heavy atom. The number of hydrogen-bond donors (Lipinski definition) is 0. The van der Waals surface area contributed by atoms with Gasteiger partial charge in [-0.05, 0) is 69.8 Å². The molecule has 5 nitrogen and oxygen atoms in total. The molecular weight excluding hydrogens is 426 g/mol. The lowest BCUT2D eigenvalue weighted by Gasteiger charge is -2.39. The lowest BCUT2D eigenvalue weighted by molar-refractivity contribution is -0.142. The van der Waals surface area contributed by atoms with E-state index in [4.69, 9.17) is 14.2 Å². The second kappa shape index (κ2) is 9.21. The summed E-state index contributed by atoms with van der Waals surface area (Å²) in [5.41, 5.74) is 2.09. The number of methoxy groups -OCH3 is 3. The van der Waals surface area contributed by atoms with E-state index in [2.05, 4.69) is 41.3 Å². The van der Waals surface area contributed by atoms with Crippen molar-refractivity contribution in [3.63, 3.8) is 0 Å². The molecule has 2 heterocycles. The molecule has 0 saturated carbocycles. The summed E-state index contributed by atoms with van der Waals surface area (Å²) in [5.74, 6) is 2.43. The number of allylic oxidation sites excluding steroid dienone is 1. The molecule has 2 aliphatic heterocycles. The number of benzene rings is 3. The highest BCUT2D eigenvalue weighted by molar-refractivity contribution is 6.12. The molecule has 0 saturated heterocycles. The monoisotopic (exact) mass is 461 g/mol. The molecule has 0 aliphatic carbocycles. The Morgan fingerprint density at radius 3 is 2.15 bits per heavy atom. The van der Waals surface area contributed by atoms with Gasteiger partial charge in [0.2, 0.25) is 5.91 Å². The number of hydrogen-bond acceptors (Lipinski definition) is 4. The van der Waals surface area contributed by atoms with E-state index in [0.29, 0.717) is 18.0 Å². The Labute approximate surface area is 202 Å². The van der Waals surface area contributed by atoms with E-state index in [1.165, 1.54) is 11.1 Å². The summed E-state index contributed by atoms with van der Waals surface area (Å²) < 4.78 is 16.8. The van der Waals surface area contributed by atoms with Crippen LogP contribution in [0.5, 0.6) is 17.2 Å². The third kappa shape index (κ3) is 3.77. The van der Waals surface area contributed by atoms with Crippen LogP contribution < -0.4 is 14.2 Å². The molecule has 0 N–H and O–H groups in total. The summed E-state index contributed by atoms with van der Waals surface area (Å²) in [4.78, 5) is 15.5. The van der Waals surface area contributed by atoms with Gasteiger partial charge in [0.05, 0.1) is 27.4 Å². The standard InChI is InChI=1S/C27H29NO4.C2H6/c1-27(2)10-6-7-16-11-19-21-13-24(31-4)25(32-5)14-22(21)20-12-17(30-3)8-9-18(20)23(19)15-28(16)26(27)29;1-2/h6-9,12-14,16H,10-11,15H2,1-5H3;1-2H3. The van der Waals surface area contributed by atoms with Crippen molar-refractivity contribution in [1.29, 1.82) is 0 Å². The highest BCUT2D eigenvalue weighted by Gasteiger charge is 2.39. The van der Waals surface area contributed by atoms with Crippen LogP contribution in [-0.4, -0.2) is 38.2 Å². The van der Waals surface area contributed by atoms with Crippen LogP contribution >= 0.6 is 0 Å². The largest absolute Gasteiger partial charge is 0.497 e. The molecule has 0 radical (unpaired) electrons. The molecule has 0 fully saturated rings. The number of carbonyl (C=O) groups excluding carboxylic acids is 1. The van der Waals surface area contributed by atoms with E-state index in [1.807, 2.05) is 33.8 Å².